The van der Waals surface area contributed by atoms with Crippen molar-refractivity contribution >= 4 is 11.6 Å². The summed E-state index contributed by atoms with van der Waals surface area (Å²) in [6, 6.07) is 2.60. The van der Waals surface area contributed by atoms with E-state index in [1.54, 1.807) is 0 Å². The quantitative estimate of drug-likeness (QED) is 0.691. The Morgan fingerprint density at radius 1 is 1.23 bits per heavy atom. The molecule has 1 aromatic rings. The second-order valence-corrected chi connectivity index (χ2v) is 3.53. The van der Waals surface area contributed by atoms with E-state index in [9.17, 15) is 8.78 Å². The van der Waals surface area contributed by atoms with Crippen molar-refractivity contribution in [2.75, 3.05) is 13.1 Å². The number of benzene rings is 1. The van der Waals surface area contributed by atoms with E-state index in [0.29, 0.717) is 5.56 Å². The van der Waals surface area contributed by atoms with E-state index in [-0.39, 0.29) is 5.92 Å². The second kappa shape index (κ2) is 3.24. The molecule has 0 atom stereocenters. The van der Waals surface area contributed by atoms with E-state index in [1.807, 2.05) is 0 Å². The SMILES string of the molecule is Fc1cc(C2CNC2)cc(F)c1Cl. The van der Waals surface area contributed by atoms with Crippen LogP contribution in [-0.4, -0.2) is 13.1 Å². The van der Waals surface area contributed by atoms with Crippen LogP contribution in [0.3, 0.4) is 0 Å². The Morgan fingerprint density at radius 3 is 2.15 bits per heavy atom. The summed E-state index contributed by atoms with van der Waals surface area (Å²) >= 11 is 5.35. The highest BCUT2D eigenvalue weighted by atomic mass is 35.5. The highest BCUT2D eigenvalue weighted by Crippen LogP contribution is 2.26. The minimum absolute atomic E-state index is 0.223. The third-order valence-corrected chi connectivity index (χ3v) is 2.62. The average molecular weight is 204 g/mol. The van der Waals surface area contributed by atoms with Crippen LogP contribution in [-0.2, 0) is 0 Å². The van der Waals surface area contributed by atoms with Gasteiger partial charge in [-0.2, -0.15) is 0 Å². The van der Waals surface area contributed by atoms with Gasteiger partial charge in [-0.3, -0.25) is 0 Å². The zero-order chi connectivity index (χ0) is 9.42. The topological polar surface area (TPSA) is 12.0 Å². The minimum Gasteiger partial charge on any atom is -0.315 e. The molecule has 0 saturated carbocycles. The molecule has 70 valence electrons. The summed E-state index contributed by atoms with van der Waals surface area (Å²) in [6.45, 7) is 1.56. The van der Waals surface area contributed by atoms with E-state index < -0.39 is 16.7 Å². The molecule has 0 unspecified atom stereocenters. The first-order chi connectivity index (χ1) is 6.18. The molecule has 13 heavy (non-hydrogen) atoms. The zero-order valence-corrected chi connectivity index (χ0v) is 7.54. The first-order valence-electron chi connectivity index (χ1n) is 4.03. The Kier molecular flexibility index (Phi) is 2.22. The van der Waals surface area contributed by atoms with Crippen molar-refractivity contribution in [1.29, 1.82) is 0 Å². The highest BCUT2D eigenvalue weighted by Gasteiger charge is 2.21. The molecule has 0 aromatic heterocycles. The summed E-state index contributed by atoms with van der Waals surface area (Å²) in [6.07, 6.45) is 0. The molecule has 0 bridgehead atoms. The molecule has 2 rings (SSSR count). The Balaban J connectivity index is 2.37. The van der Waals surface area contributed by atoms with Crippen LogP contribution in [0.1, 0.15) is 11.5 Å². The lowest BCUT2D eigenvalue weighted by Crippen LogP contribution is -2.39. The molecule has 0 amide bonds. The second-order valence-electron chi connectivity index (χ2n) is 3.15. The van der Waals surface area contributed by atoms with Crippen LogP contribution in [0.4, 0.5) is 8.78 Å². The lowest BCUT2D eigenvalue weighted by molar-refractivity contribution is 0.443. The average Bonchev–Trinajstić information content (AvgIpc) is 1.96. The monoisotopic (exact) mass is 203 g/mol. The Morgan fingerprint density at radius 2 is 1.77 bits per heavy atom. The largest absolute Gasteiger partial charge is 0.315 e. The van der Waals surface area contributed by atoms with Gasteiger partial charge in [0.05, 0.1) is 0 Å². The molecule has 1 aliphatic heterocycles. The van der Waals surface area contributed by atoms with Crippen LogP contribution in [0.5, 0.6) is 0 Å². The maximum absolute atomic E-state index is 13.0. The van der Waals surface area contributed by atoms with Crippen LogP contribution in [0, 0.1) is 11.6 Å². The standard InChI is InChI=1S/C9H8ClF2N/c10-9-7(11)1-5(2-8(9)12)6-3-13-4-6/h1-2,6,13H,3-4H2. The molecule has 1 fully saturated rings. The van der Waals surface area contributed by atoms with Crippen molar-refractivity contribution in [3.8, 4) is 0 Å². The van der Waals surface area contributed by atoms with Gasteiger partial charge in [0.1, 0.15) is 16.7 Å². The number of hydrogen-bond donors (Lipinski definition) is 1. The van der Waals surface area contributed by atoms with Crippen molar-refractivity contribution in [1.82, 2.24) is 5.32 Å². The van der Waals surface area contributed by atoms with Gasteiger partial charge in [0.25, 0.3) is 0 Å². The molecule has 1 N–H and O–H groups in total. The molecule has 0 aliphatic carbocycles. The fourth-order valence-electron chi connectivity index (χ4n) is 1.34. The smallest absolute Gasteiger partial charge is 0.145 e. The van der Waals surface area contributed by atoms with Crippen LogP contribution in [0.25, 0.3) is 0 Å². The van der Waals surface area contributed by atoms with Crippen molar-refractivity contribution in [3.63, 3.8) is 0 Å². The molecule has 1 heterocycles. The molecule has 1 saturated heterocycles. The predicted octanol–water partition coefficient (Wildman–Crippen LogP) is 2.31. The summed E-state index contributed by atoms with van der Waals surface area (Å²) in [7, 11) is 0. The van der Waals surface area contributed by atoms with Crippen LogP contribution in [0.2, 0.25) is 5.02 Å². The van der Waals surface area contributed by atoms with Gasteiger partial charge in [0.15, 0.2) is 0 Å². The molecule has 0 radical (unpaired) electrons. The Hall–Kier alpha value is -0.670. The summed E-state index contributed by atoms with van der Waals surface area (Å²) in [4.78, 5) is 0. The molecule has 1 aromatic carbocycles. The van der Waals surface area contributed by atoms with Gasteiger partial charge in [-0.15, -0.1) is 0 Å². The summed E-state index contributed by atoms with van der Waals surface area (Å²) in [5.41, 5.74) is 0.679. The highest BCUT2D eigenvalue weighted by molar-refractivity contribution is 6.30. The Labute approximate surface area is 79.7 Å². The van der Waals surface area contributed by atoms with Crippen molar-refractivity contribution in [3.05, 3.63) is 34.4 Å². The van der Waals surface area contributed by atoms with E-state index in [0.717, 1.165) is 13.1 Å². The maximum Gasteiger partial charge on any atom is 0.145 e. The van der Waals surface area contributed by atoms with Gasteiger partial charge in [-0.25, -0.2) is 8.78 Å². The first kappa shape index (κ1) is 8.91. The Bertz CT molecular complexity index is 313. The molecule has 4 heteroatoms. The summed E-state index contributed by atoms with van der Waals surface area (Å²) in [5, 5.41) is 2.62. The normalized spacial score (nSPS) is 17.2. The molecule has 1 nitrogen and oxygen atoms in total. The molecule has 0 spiro atoms. The summed E-state index contributed by atoms with van der Waals surface area (Å²) in [5.74, 6) is -1.13. The van der Waals surface area contributed by atoms with Gasteiger partial charge in [0.2, 0.25) is 0 Å². The van der Waals surface area contributed by atoms with Crippen LogP contribution < -0.4 is 5.32 Å². The third-order valence-electron chi connectivity index (χ3n) is 2.26. The van der Waals surface area contributed by atoms with Crippen molar-refractivity contribution in [2.24, 2.45) is 0 Å². The van der Waals surface area contributed by atoms with E-state index in [2.05, 4.69) is 5.32 Å². The third kappa shape index (κ3) is 1.54. The molecular weight excluding hydrogens is 196 g/mol. The fourth-order valence-corrected chi connectivity index (χ4v) is 1.44. The van der Waals surface area contributed by atoms with E-state index in [4.69, 9.17) is 11.6 Å². The molecular formula is C9H8ClF2N. The van der Waals surface area contributed by atoms with Gasteiger partial charge in [0, 0.05) is 19.0 Å². The summed E-state index contributed by atoms with van der Waals surface area (Å²) < 4.78 is 25.9. The van der Waals surface area contributed by atoms with Crippen LogP contribution in [0.15, 0.2) is 12.1 Å². The lowest BCUT2D eigenvalue weighted by Gasteiger charge is -2.27. The van der Waals surface area contributed by atoms with Gasteiger partial charge in [-0.05, 0) is 17.7 Å². The van der Waals surface area contributed by atoms with Crippen molar-refractivity contribution < 1.29 is 8.78 Å². The number of halogens is 3. The molecule has 1 aliphatic rings. The number of nitrogens with one attached hydrogen (secondary N) is 1. The van der Waals surface area contributed by atoms with Gasteiger partial charge >= 0.3 is 0 Å². The number of hydrogen-bond acceptors (Lipinski definition) is 1. The fraction of sp³-hybridized carbons (Fsp3) is 0.333. The maximum atomic E-state index is 13.0. The van der Waals surface area contributed by atoms with Crippen molar-refractivity contribution in [2.45, 2.75) is 5.92 Å². The van der Waals surface area contributed by atoms with Gasteiger partial charge < -0.3 is 5.32 Å². The zero-order valence-electron chi connectivity index (χ0n) is 6.78. The van der Waals surface area contributed by atoms with Gasteiger partial charge in [-0.1, -0.05) is 11.6 Å². The van der Waals surface area contributed by atoms with E-state index >= 15 is 0 Å². The minimum atomic E-state index is -0.677. The number of rotatable bonds is 1. The van der Waals surface area contributed by atoms with Crippen LogP contribution >= 0.6 is 11.6 Å². The lowest BCUT2D eigenvalue weighted by atomic mass is 9.94. The first-order valence-corrected chi connectivity index (χ1v) is 4.41. The predicted molar refractivity (Wildman–Crippen MR) is 47.0 cm³/mol. The van der Waals surface area contributed by atoms with E-state index in [1.165, 1.54) is 12.1 Å².